The average Bonchev–Trinajstić information content (AvgIpc) is 2.88. The number of fused-ring (bicyclic) bond motifs is 1. The summed E-state index contributed by atoms with van der Waals surface area (Å²) in [5, 5.41) is 8.83. The maximum atomic E-state index is 4.91. The van der Waals surface area contributed by atoms with Crippen LogP contribution in [-0.4, -0.2) is 37.7 Å². The van der Waals surface area contributed by atoms with Gasteiger partial charge in [0.1, 0.15) is 5.82 Å². The molecule has 0 amide bonds. The number of aromatic nitrogens is 1. The van der Waals surface area contributed by atoms with Crippen molar-refractivity contribution in [3.05, 3.63) is 71.8 Å². The van der Waals surface area contributed by atoms with Crippen molar-refractivity contribution in [3.63, 3.8) is 0 Å². The topological polar surface area (TPSA) is 40.2 Å². The third-order valence-corrected chi connectivity index (χ3v) is 7.14. The summed E-state index contributed by atoms with van der Waals surface area (Å²) in [7, 11) is 4.20. The van der Waals surface area contributed by atoms with Crippen LogP contribution in [0.2, 0.25) is 0 Å². The number of benzene rings is 2. The van der Waals surface area contributed by atoms with E-state index in [1.807, 2.05) is 0 Å². The highest BCUT2D eigenvalue weighted by atomic mass is 15.1. The van der Waals surface area contributed by atoms with Crippen molar-refractivity contribution in [1.29, 1.82) is 0 Å². The minimum Gasteiger partial charge on any atom is -0.377 e. The van der Waals surface area contributed by atoms with Gasteiger partial charge < -0.3 is 15.5 Å². The summed E-state index contributed by atoms with van der Waals surface area (Å²) in [5.41, 5.74) is 5.11. The molecule has 0 unspecified atom stereocenters. The van der Waals surface area contributed by atoms with Gasteiger partial charge in [-0.25, -0.2) is 4.98 Å². The van der Waals surface area contributed by atoms with Gasteiger partial charge in [-0.1, -0.05) is 79.9 Å². The van der Waals surface area contributed by atoms with Gasteiger partial charge in [-0.2, -0.15) is 0 Å². The zero-order valence-corrected chi connectivity index (χ0v) is 21.8. The molecular formula is C31H42N4. The molecule has 0 aliphatic heterocycles. The van der Waals surface area contributed by atoms with E-state index in [1.54, 1.807) is 0 Å². The SMILES string of the molecule is CCCCCC(=Cc1ccccc1)CNC1CCC(Nc2cc(N(C)C)c3ccccc3n2)CC1. The number of hydrogen-bond donors (Lipinski definition) is 2. The maximum Gasteiger partial charge on any atom is 0.128 e. The summed E-state index contributed by atoms with van der Waals surface area (Å²) in [6.45, 7) is 3.28. The van der Waals surface area contributed by atoms with E-state index in [1.165, 1.54) is 73.6 Å². The molecule has 186 valence electrons. The zero-order valence-electron chi connectivity index (χ0n) is 21.8. The highest BCUT2D eigenvalue weighted by Gasteiger charge is 2.21. The molecule has 1 fully saturated rings. The lowest BCUT2D eigenvalue weighted by Gasteiger charge is -2.31. The molecular weight excluding hydrogens is 428 g/mol. The summed E-state index contributed by atoms with van der Waals surface area (Å²) >= 11 is 0. The fraction of sp³-hybridized carbons (Fsp3) is 0.452. The third kappa shape index (κ3) is 7.32. The van der Waals surface area contributed by atoms with Gasteiger partial charge in [-0.05, 0) is 50.2 Å². The Morgan fingerprint density at radius 1 is 0.943 bits per heavy atom. The first kappa shape index (κ1) is 25.2. The van der Waals surface area contributed by atoms with Gasteiger partial charge in [0.25, 0.3) is 0 Å². The number of unbranched alkanes of at least 4 members (excludes halogenated alkanes) is 2. The molecule has 1 aromatic heterocycles. The van der Waals surface area contributed by atoms with Crippen molar-refractivity contribution >= 4 is 28.5 Å². The van der Waals surface area contributed by atoms with Gasteiger partial charge in [0.15, 0.2) is 0 Å². The van der Waals surface area contributed by atoms with Crippen LogP contribution in [0, 0.1) is 0 Å². The Kier molecular flexibility index (Phi) is 9.19. The van der Waals surface area contributed by atoms with Crippen molar-refractivity contribution in [2.24, 2.45) is 0 Å². The summed E-state index contributed by atoms with van der Waals surface area (Å²) in [6.07, 6.45) is 12.2. The van der Waals surface area contributed by atoms with Crippen LogP contribution in [0.1, 0.15) is 63.9 Å². The number of anilines is 2. The molecule has 4 heteroatoms. The van der Waals surface area contributed by atoms with Crippen LogP contribution < -0.4 is 15.5 Å². The van der Waals surface area contributed by atoms with Crippen molar-refractivity contribution in [1.82, 2.24) is 10.3 Å². The third-order valence-electron chi connectivity index (χ3n) is 7.14. The Hall–Kier alpha value is -2.85. The molecule has 2 aromatic carbocycles. The van der Waals surface area contributed by atoms with Gasteiger partial charge >= 0.3 is 0 Å². The van der Waals surface area contributed by atoms with E-state index in [-0.39, 0.29) is 0 Å². The molecule has 35 heavy (non-hydrogen) atoms. The zero-order chi connectivity index (χ0) is 24.5. The normalized spacial score (nSPS) is 18.5. The second kappa shape index (κ2) is 12.7. The van der Waals surface area contributed by atoms with E-state index >= 15 is 0 Å². The smallest absolute Gasteiger partial charge is 0.128 e. The van der Waals surface area contributed by atoms with Crippen LogP contribution in [0.4, 0.5) is 11.5 Å². The van der Waals surface area contributed by atoms with E-state index in [4.69, 9.17) is 4.98 Å². The Labute approximate surface area is 211 Å². The van der Waals surface area contributed by atoms with E-state index < -0.39 is 0 Å². The predicted octanol–water partition coefficient (Wildman–Crippen LogP) is 7.28. The van der Waals surface area contributed by atoms with Gasteiger partial charge in [-0.3, -0.25) is 0 Å². The Balaban J connectivity index is 1.31. The van der Waals surface area contributed by atoms with E-state index in [0.29, 0.717) is 12.1 Å². The van der Waals surface area contributed by atoms with Crippen molar-refractivity contribution in [3.8, 4) is 0 Å². The molecule has 3 aromatic rings. The van der Waals surface area contributed by atoms with Crippen molar-refractivity contribution < 1.29 is 0 Å². The van der Waals surface area contributed by atoms with Crippen LogP contribution in [-0.2, 0) is 0 Å². The first-order valence-corrected chi connectivity index (χ1v) is 13.4. The molecule has 4 nitrogen and oxygen atoms in total. The van der Waals surface area contributed by atoms with Gasteiger partial charge in [0.05, 0.1) is 5.52 Å². The minimum absolute atomic E-state index is 0.487. The Morgan fingerprint density at radius 2 is 1.66 bits per heavy atom. The molecule has 4 rings (SSSR count). The highest BCUT2D eigenvalue weighted by molar-refractivity contribution is 5.93. The summed E-state index contributed by atoms with van der Waals surface area (Å²) < 4.78 is 0. The second-order valence-corrected chi connectivity index (χ2v) is 10.2. The van der Waals surface area contributed by atoms with E-state index in [9.17, 15) is 0 Å². The lowest BCUT2D eigenvalue weighted by molar-refractivity contribution is 0.360. The molecule has 1 heterocycles. The molecule has 1 aliphatic rings. The van der Waals surface area contributed by atoms with Crippen molar-refractivity contribution in [2.45, 2.75) is 70.4 Å². The van der Waals surface area contributed by atoms with Gasteiger partial charge in [0, 0.05) is 49.9 Å². The number of nitrogens with zero attached hydrogens (tertiary/aromatic N) is 2. The Bertz CT molecular complexity index is 1080. The molecule has 0 atom stereocenters. The molecule has 1 saturated carbocycles. The standard InChI is InChI=1S/C31H42N4/c1-4-5-7-14-25(21-24-12-8-6-9-13-24)23-32-26-17-19-27(20-18-26)33-31-22-30(35(2)3)28-15-10-11-16-29(28)34-31/h6,8-13,15-16,21-22,26-27,32H,4-5,7,14,17-20,23H2,1-3H3,(H,33,34). The first-order chi connectivity index (χ1) is 17.1. The predicted molar refractivity (Wildman–Crippen MR) is 152 cm³/mol. The van der Waals surface area contributed by atoms with Crippen LogP contribution in [0.25, 0.3) is 17.0 Å². The second-order valence-electron chi connectivity index (χ2n) is 10.2. The summed E-state index contributed by atoms with van der Waals surface area (Å²) in [4.78, 5) is 7.08. The number of nitrogens with one attached hydrogen (secondary N) is 2. The van der Waals surface area contributed by atoms with Crippen LogP contribution >= 0.6 is 0 Å². The average molecular weight is 471 g/mol. The van der Waals surface area contributed by atoms with E-state index in [2.05, 4.69) is 103 Å². The fourth-order valence-electron chi connectivity index (χ4n) is 5.13. The minimum atomic E-state index is 0.487. The maximum absolute atomic E-state index is 4.91. The molecule has 0 saturated heterocycles. The summed E-state index contributed by atoms with van der Waals surface area (Å²) in [5.74, 6) is 0.993. The first-order valence-electron chi connectivity index (χ1n) is 13.4. The highest BCUT2D eigenvalue weighted by Crippen LogP contribution is 2.29. The number of para-hydroxylation sites is 1. The number of hydrogen-bond acceptors (Lipinski definition) is 4. The fourth-order valence-corrected chi connectivity index (χ4v) is 5.13. The molecule has 1 aliphatic carbocycles. The lowest BCUT2D eigenvalue weighted by atomic mass is 9.90. The van der Waals surface area contributed by atoms with Crippen molar-refractivity contribution in [2.75, 3.05) is 30.9 Å². The van der Waals surface area contributed by atoms with E-state index in [0.717, 1.165) is 17.9 Å². The number of pyridine rings is 1. The van der Waals surface area contributed by atoms with Gasteiger partial charge in [-0.15, -0.1) is 0 Å². The lowest BCUT2D eigenvalue weighted by Crippen LogP contribution is -2.38. The van der Waals surface area contributed by atoms with Crippen LogP contribution in [0.5, 0.6) is 0 Å². The number of rotatable bonds is 11. The molecule has 0 spiro atoms. The molecule has 2 N–H and O–H groups in total. The largest absolute Gasteiger partial charge is 0.377 e. The summed E-state index contributed by atoms with van der Waals surface area (Å²) in [6, 6.07) is 22.5. The van der Waals surface area contributed by atoms with Crippen LogP contribution in [0.3, 0.4) is 0 Å². The Morgan fingerprint density at radius 3 is 2.40 bits per heavy atom. The quantitative estimate of drug-likeness (QED) is 0.289. The van der Waals surface area contributed by atoms with Crippen LogP contribution in [0.15, 0.2) is 66.2 Å². The monoisotopic (exact) mass is 470 g/mol. The molecule has 0 bridgehead atoms. The molecule has 0 radical (unpaired) electrons. The van der Waals surface area contributed by atoms with Gasteiger partial charge in [0.2, 0.25) is 0 Å².